The smallest absolute Gasteiger partial charge is 0.308 e. The predicted octanol–water partition coefficient (Wildman–Crippen LogP) is 2.86. The van der Waals surface area contributed by atoms with Crippen LogP contribution < -0.4 is 0 Å². The molecule has 0 aliphatic carbocycles. The predicted molar refractivity (Wildman–Crippen MR) is 86.7 cm³/mol. The van der Waals surface area contributed by atoms with Crippen molar-refractivity contribution in [3.8, 4) is 6.07 Å². The highest BCUT2D eigenvalue weighted by Crippen LogP contribution is 2.33. The van der Waals surface area contributed by atoms with Gasteiger partial charge >= 0.3 is 5.97 Å². The number of nitriles is 1. The molecule has 0 aromatic heterocycles. The fourth-order valence-electron chi connectivity index (χ4n) is 3.25. The van der Waals surface area contributed by atoms with Gasteiger partial charge in [-0.1, -0.05) is 42.5 Å². The quantitative estimate of drug-likeness (QED) is 0.943. The topological polar surface area (TPSA) is 64.3 Å². The molecule has 0 amide bonds. The average Bonchev–Trinajstić information content (AvgIpc) is 3.00. The first kappa shape index (κ1) is 15.3. The molecule has 0 saturated carbocycles. The molecule has 1 heterocycles. The monoisotopic (exact) mass is 306 g/mol. The molecular formula is C19H18N2O2. The van der Waals surface area contributed by atoms with Crippen molar-refractivity contribution in [2.45, 2.75) is 12.5 Å². The van der Waals surface area contributed by atoms with E-state index in [2.05, 4.69) is 23.1 Å². The van der Waals surface area contributed by atoms with Crippen LogP contribution in [0.3, 0.4) is 0 Å². The van der Waals surface area contributed by atoms with Gasteiger partial charge in [0.25, 0.3) is 0 Å². The second-order valence-electron chi connectivity index (χ2n) is 5.96. The Labute approximate surface area is 135 Å². The maximum atomic E-state index is 11.6. The summed E-state index contributed by atoms with van der Waals surface area (Å²) in [5.41, 5.74) is 2.78. The molecule has 4 heteroatoms. The fourth-order valence-corrected chi connectivity index (χ4v) is 3.25. The summed E-state index contributed by atoms with van der Waals surface area (Å²) in [5, 5.41) is 18.4. The van der Waals surface area contributed by atoms with Gasteiger partial charge in [-0.25, -0.2) is 0 Å². The van der Waals surface area contributed by atoms with E-state index in [1.54, 1.807) is 12.1 Å². The number of rotatable bonds is 4. The van der Waals surface area contributed by atoms with Gasteiger partial charge in [0.1, 0.15) is 0 Å². The summed E-state index contributed by atoms with van der Waals surface area (Å²) in [7, 11) is 0. The molecule has 2 aromatic rings. The molecule has 116 valence electrons. The molecule has 1 N–H and O–H groups in total. The Hall–Kier alpha value is -2.64. The highest BCUT2D eigenvalue weighted by atomic mass is 16.4. The summed E-state index contributed by atoms with van der Waals surface area (Å²) < 4.78 is 0. The number of hydrogen-bond donors (Lipinski definition) is 1. The van der Waals surface area contributed by atoms with Crippen LogP contribution in [0.5, 0.6) is 0 Å². The number of aliphatic carboxylic acids is 1. The van der Waals surface area contributed by atoms with Crippen LogP contribution in [-0.4, -0.2) is 29.1 Å². The fraction of sp³-hybridized carbons (Fsp3) is 0.263. The van der Waals surface area contributed by atoms with E-state index in [0.717, 1.165) is 18.7 Å². The lowest BCUT2D eigenvalue weighted by Gasteiger charge is -2.16. The third kappa shape index (κ3) is 3.41. The van der Waals surface area contributed by atoms with Crippen LogP contribution in [-0.2, 0) is 11.3 Å². The summed E-state index contributed by atoms with van der Waals surface area (Å²) in [5.74, 6) is -1.20. The molecule has 1 aliphatic heterocycles. The number of carboxylic acid groups (broad SMARTS) is 1. The lowest BCUT2D eigenvalue weighted by Crippen LogP contribution is -2.23. The summed E-state index contributed by atoms with van der Waals surface area (Å²) in [6.07, 6.45) is 0. The number of carbonyl (C=O) groups is 1. The SMILES string of the molecule is N#Cc1ccc([C@H]2CN(Cc3ccccc3)C[C@@H]2C(=O)O)cc1. The van der Waals surface area contributed by atoms with Gasteiger partial charge in [-0.2, -0.15) is 5.26 Å². The highest BCUT2D eigenvalue weighted by Gasteiger charge is 2.38. The minimum absolute atomic E-state index is 0.0380. The summed E-state index contributed by atoms with van der Waals surface area (Å²) in [4.78, 5) is 13.8. The molecule has 0 radical (unpaired) electrons. The molecule has 0 bridgehead atoms. The average molecular weight is 306 g/mol. The lowest BCUT2D eigenvalue weighted by atomic mass is 9.89. The highest BCUT2D eigenvalue weighted by molar-refractivity contribution is 5.72. The second-order valence-corrected chi connectivity index (χ2v) is 5.96. The molecule has 1 fully saturated rings. The van der Waals surface area contributed by atoms with Crippen LogP contribution >= 0.6 is 0 Å². The zero-order chi connectivity index (χ0) is 16.2. The molecule has 3 rings (SSSR count). The lowest BCUT2D eigenvalue weighted by molar-refractivity contribution is -0.141. The standard InChI is InChI=1S/C19H18N2O2/c20-10-14-6-8-16(9-7-14)17-12-21(13-18(17)19(22)23)11-15-4-2-1-3-5-15/h1-9,17-18H,11-13H2,(H,22,23)/t17-,18+/m1/s1. The van der Waals surface area contributed by atoms with Crippen LogP contribution in [0, 0.1) is 17.2 Å². The van der Waals surface area contributed by atoms with Crippen molar-refractivity contribution in [2.24, 2.45) is 5.92 Å². The Morgan fingerprint density at radius 1 is 1.13 bits per heavy atom. The van der Waals surface area contributed by atoms with Gasteiger partial charge in [0.05, 0.1) is 17.6 Å². The van der Waals surface area contributed by atoms with E-state index in [0.29, 0.717) is 12.1 Å². The zero-order valence-corrected chi connectivity index (χ0v) is 12.7. The van der Waals surface area contributed by atoms with Crippen molar-refractivity contribution < 1.29 is 9.90 Å². The molecule has 2 aromatic carbocycles. The van der Waals surface area contributed by atoms with E-state index < -0.39 is 11.9 Å². The first-order valence-corrected chi connectivity index (χ1v) is 7.66. The number of hydrogen-bond acceptors (Lipinski definition) is 3. The summed E-state index contributed by atoms with van der Waals surface area (Å²) in [6, 6.07) is 19.5. The van der Waals surface area contributed by atoms with Crippen molar-refractivity contribution in [3.05, 3.63) is 71.3 Å². The van der Waals surface area contributed by atoms with Crippen LogP contribution in [0.4, 0.5) is 0 Å². The van der Waals surface area contributed by atoms with Gasteiger partial charge in [-0.3, -0.25) is 9.69 Å². The molecule has 1 saturated heterocycles. The third-order valence-corrected chi connectivity index (χ3v) is 4.43. The molecule has 4 nitrogen and oxygen atoms in total. The zero-order valence-electron chi connectivity index (χ0n) is 12.7. The van der Waals surface area contributed by atoms with Gasteiger partial charge in [0.15, 0.2) is 0 Å². The second kappa shape index (κ2) is 6.64. The first-order valence-electron chi connectivity index (χ1n) is 7.66. The molecular weight excluding hydrogens is 288 g/mol. The Bertz CT molecular complexity index is 719. The van der Waals surface area contributed by atoms with Gasteiger partial charge < -0.3 is 5.11 Å². The van der Waals surface area contributed by atoms with Crippen molar-refractivity contribution in [1.29, 1.82) is 5.26 Å². The normalized spacial score (nSPS) is 21.0. The maximum Gasteiger partial charge on any atom is 0.308 e. The summed E-state index contributed by atoms with van der Waals surface area (Å²) >= 11 is 0. The van der Waals surface area contributed by atoms with Crippen LogP contribution in [0.25, 0.3) is 0 Å². The minimum atomic E-state index is -0.755. The molecule has 23 heavy (non-hydrogen) atoms. The summed E-state index contributed by atoms with van der Waals surface area (Å²) in [6.45, 7) is 2.03. The minimum Gasteiger partial charge on any atom is -0.481 e. The maximum absolute atomic E-state index is 11.6. The van der Waals surface area contributed by atoms with Crippen LogP contribution in [0.15, 0.2) is 54.6 Å². The van der Waals surface area contributed by atoms with E-state index >= 15 is 0 Å². The van der Waals surface area contributed by atoms with Crippen molar-refractivity contribution >= 4 is 5.97 Å². The Balaban J connectivity index is 1.78. The first-order chi connectivity index (χ1) is 11.2. The number of nitrogens with zero attached hydrogens (tertiary/aromatic N) is 2. The largest absolute Gasteiger partial charge is 0.481 e. The van der Waals surface area contributed by atoms with E-state index in [9.17, 15) is 9.90 Å². The van der Waals surface area contributed by atoms with Crippen molar-refractivity contribution in [3.63, 3.8) is 0 Å². The molecule has 0 unspecified atom stereocenters. The van der Waals surface area contributed by atoms with Crippen LogP contribution in [0.2, 0.25) is 0 Å². The Morgan fingerprint density at radius 2 is 1.83 bits per heavy atom. The van der Waals surface area contributed by atoms with Gasteiger partial charge in [-0.05, 0) is 23.3 Å². The van der Waals surface area contributed by atoms with E-state index in [-0.39, 0.29) is 5.92 Å². The van der Waals surface area contributed by atoms with E-state index in [1.165, 1.54) is 5.56 Å². The van der Waals surface area contributed by atoms with E-state index in [1.807, 2.05) is 30.3 Å². The van der Waals surface area contributed by atoms with Gasteiger partial charge in [0.2, 0.25) is 0 Å². The van der Waals surface area contributed by atoms with Crippen molar-refractivity contribution in [2.75, 3.05) is 13.1 Å². The van der Waals surface area contributed by atoms with E-state index in [4.69, 9.17) is 5.26 Å². The number of likely N-dealkylation sites (tertiary alicyclic amines) is 1. The molecule has 0 spiro atoms. The van der Waals surface area contributed by atoms with Crippen LogP contribution in [0.1, 0.15) is 22.6 Å². The Morgan fingerprint density at radius 3 is 2.43 bits per heavy atom. The Kier molecular flexibility index (Phi) is 4.40. The number of carboxylic acids is 1. The number of benzene rings is 2. The van der Waals surface area contributed by atoms with Gasteiger partial charge in [0, 0.05) is 25.6 Å². The molecule has 2 atom stereocenters. The third-order valence-electron chi connectivity index (χ3n) is 4.43. The van der Waals surface area contributed by atoms with Crippen molar-refractivity contribution in [1.82, 2.24) is 4.90 Å². The molecule has 1 aliphatic rings. The van der Waals surface area contributed by atoms with Gasteiger partial charge in [-0.15, -0.1) is 0 Å².